The SMILES string of the molecule is COc1ccc(/C=C/c2ccc(OC)c(=O)cc2)c(OC)c1OC. The smallest absolute Gasteiger partial charge is 0.220 e. The molecule has 0 N–H and O–H groups in total. The Hall–Kier alpha value is -2.95. The van der Waals surface area contributed by atoms with Crippen LogP contribution < -0.4 is 24.4 Å². The average Bonchev–Trinajstić information content (AvgIpc) is 2.79. The van der Waals surface area contributed by atoms with E-state index in [1.165, 1.54) is 13.2 Å². The lowest BCUT2D eigenvalue weighted by Crippen LogP contribution is -1.98. The molecule has 5 nitrogen and oxygen atoms in total. The van der Waals surface area contributed by atoms with E-state index in [1.54, 1.807) is 33.5 Å². The van der Waals surface area contributed by atoms with Gasteiger partial charge in [-0.3, -0.25) is 4.79 Å². The van der Waals surface area contributed by atoms with E-state index in [0.29, 0.717) is 23.0 Å². The molecule has 0 aliphatic carbocycles. The molecule has 2 aromatic carbocycles. The number of hydrogen-bond donors (Lipinski definition) is 0. The van der Waals surface area contributed by atoms with Gasteiger partial charge in [0.05, 0.1) is 28.4 Å². The highest BCUT2D eigenvalue weighted by Crippen LogP contribution is 2.40. The van der Waals surface area contributed by atoms with Crippen molar-refractivity contribution in [3.63, 3.8) is 0 Å². The highest BCUT2D eigenvalue weighted by Gasteiger charge is 2.13. The molecule has 0 saturated carbocycles. The Morgan fingerprint density at radius 2 is 1.29 bits per heavy atom. The summed E-state index contributed by atoms with van der Waals surface area (Å²) in [4.78, 5) is 11.7. The van der Waals surface area contributed by atoms with Crippen molar-refractivity contribution in [2.75, 3.05) is 28.4 Å². The summed E-state index contributed by atoms with van der Waals surface area (Å²) in [5.41, 5.74) is 1.52. The third-order valence-corrected chi connectivity index (χ3v) is 3.51. The first-order valence-electron chi connectivity index (χ1n) is 7.30. The highest BCUT2D eigenvalue weighted by atomic mass is 16.5. The number of rotatable bonds is 6. The molecule has 0 heterocycles. The van der Waals surface area contributed by atoms with Crippen LogP contribution in [0.1, 0.15) is 11.1 Å². The van der Waals surface area contributed by atoms with Crippen LogP contribution in [-0.4, -0.2) is 28.4 Å². The molecule has 5 heteroatoms. The van der Waals surface area contributed by atoms with E-state index in [9.17, 15) is 4.79 Å². The minimum Gasteiger partial charge on any atom is -0.493 e. The zero-order valence-corrected chi connectivity index (χ0v) is 14.2. The highest BCUT2D eigenvalue weighted by molar-refractivity contribution is 5.75. The van der Waals surface area contributed by atoms with E-state index in [-0.39, 0.29) is 5.43 Å². The first-order chi connectivity index (χ1) is 11.6. The maximum Gasteiger partial charge on any atom is 0.220 e. The van der Waals surface area contributed by atoms with Gasteiger partial charge in [0.1, 0.15) is 0 Å². The molecule has 0 fully saturated rings. The van der Waals surface area contributed by atoms with Crippen molar-refractivity contribution in [3.8, 4) is 23.0 Å². The molecule has 126 valence electrons. The molecular formula is C19H20O5. The van der Waals surface area contributed by atoms with Gasteiger partial charge in [-0.15, -0.1) is 0 Å². The second-order valence-corrected chi connectivity index (χ2v) is 4.86. The molecule has 2 aromatic rings. The third-order valence-electron chi connectivity index (χ3n) is 3.51. The van der Waals surface area contributed by atoms with Gasteiger partial charge in [-0.25, -0.2) is 0 Å². The summed E-state index contributed by atoms with van der Waals surface area (Å²) in [5, 5.41) is 0. The van der Waals surface area contributed by atoms with Crippen LogP contribution in [0, 0.1) is 0 Å². The van der Waals surface area contributed by atoms with Crippen LogP contribution in [0.25, 0.3) is 12.2 Å². The predicted molar refractivity (Wildman–Crippen MR) is 94.3 cm³/mol. The summed E-state index contributed by atoms with van der Waals surface area (Å²) in [5.74, 6) is 2.01. The van der Waals surface area contributed by atoms with Crippen molar-refractivity contribution < 1.29 is 18.9 Å². The van der Waals surface area contributed by atoms with Crippen molar-refractivity contribution in [1.82, 2.24) is 0 Å². The molecule has 0 unspecified atom stereocenters. The summed E-state index contributed by atoms with van der Waals surface area (Å²) in [7, 11) is 6.18. The Balaban J connectivity index is 2.42. The quantitative estimate of drug-likeness (QED) is 0.815. The van der Waals surface area contributed by atoms with Crippen LogP contribution in [0.2, 0.25) is 0 Å². The van der Waals surface area contributed by atoms with Crippen molar-refractivity contribution in [2.45, 2.75) is 0 Å². The van der Waals surface area contributed by atoms with Gasteiger partial charge in [-0.2, -0.15) is 0 Å². The Labute approximate surface area is 141 Å². The van der Waals surface area contributed by atoms with Gasteiger partial charge in [-0.05, 0) is 29.8 Å². The predicted octanol–water partition coefficient (Wildman–Crippen LogP) is 3.25. The fourth-order valence-corrected chi connectivity index (χ4v) is 2.29. The van der Waals surface area contributed by atoms with Crippen LogP contribution in [0.3, 0.4) is 0 Å². The molecule has 0 amide bonds. The lowest BCUT2D eigenvalue weighted by Gasteiger charge is -2.13. The molecule has 0 saturated heterocycles. The van der Waals surface area contributed by atoms with E-state index < -0.39 is 0 Å². The van der Waals surface area contributed by atoms with E-state index in [2.05, 4.69) is 0 Å². The van der Waals surface area contributed by atoms with Crippen molar-refractivity contribution in [3.05, 3.63) is 57.7 Å². The van der Waals surface area contributed by atoms with Crippen LogP contribution in [0.5, 0.6) is 23.0 Å². The van der Waals surface area contributed by atoms with E-state index in [1.807, 2.05) is 30.4 Å². The normalized spacial score (nSPS) is 10.5. The standard InChI is InChI=1S/C19H20O5/c1-21-16-11-7-13(6-10-15(16)20)5-8-14-9-12-17(22-2)19(24-4)18(14)23-3/h5-12H,1-4H3/b8-5+. The molecule has 0 bridgehead atoms. The summed E-state index contributed by atoms with van der Waals surface area (Å²) < 4.78 is 21.1. The zero-order valence-electron chi connectivity index (χ0n) is 14.2. The topological polar surface area (TPSA) is 54.0 Å². The average molecular weight is 328 g/mol. The first-order valence-corrected chi connectivity index (χ1v) is 7.30. The number of ether oxygens (including phenoxy) is 4. The van der Waals surface area contributed by atoms with Crippen LogP contribution in [0.15, 0.2) is 41.2 Å². The summed E-state index contributed by atoms with van der Waals surface area (Å²) in [6.45, 7) is 0. The fraction of sp³-hybridized carbons (Fsp3) is 0.211. The van der Waals surface area contributed by atoms with Gasteiger partial charge in [0, 0.05) is 5.56 Å². The van der Waals surface area contributed by atoms with Gasteiger partial charge in [0.2, 0.25) is 11.2 Å². The minimum absolute atomic E-state index is 0.166. The number of hydrogen-bond acceptors (Lipinski definition) is 5. The lowest BCUT2D eigenvalue weighted by molar-refractivity contribution is 0.324. The minimum atomic E-state index is -0.166. The molecule has 2 rings (SSSR count). The molecular weight excluding hydrogens is 308 g/mol. The molecule has 0 radical (unpaired) electrons. The number of methoxy groups -OCH3 is 4. The maximum atomic E-state index is 11.7. The molecule has 0 aliphatic rings. The van der Waals surface area contributed by atoms with E-state index >= 15 is 0 Å². The van der Waals surface area contributed by atoms with Crippen LogP contribution in [-0.2, 0) is 0 Å². The van der Waals surface area contributed by atoms with Crippen LogP contribution >= 0.6 is 0 Å². The van der Waals surface area contributed by atoms with Gasteiger partial charge < -0.3 is 18.9 Å². The van der Waals surface area contributed by atoms with Crippen molar-refractivity contribution in [2.24, 2.45) is 0 Å². The Morgan fingerprint density at radius 3 is 1.92 bits per heavy atom. The van der Waals surface area contributed by atoms with Gasteiger partial charge in [0.15, 0.2) is 17.2 Å². The van der Waals surface area contributed by atoms with E-state index in [4.69, 9.17) is 18.9 Å². The third kappa shape index (κ3) is 3.68. The second-order valence-electron chi connectivity index (χ2n) is 4.86. The Morgan fingerprint density at radius 1 is 0.667 bits per heavy atom. The van der Waals surface area contributed by atoms with Gasteiger partial charge >= 0.3 is 0 Å². The molecule has 0 atom stereocenters. The first kappa shape index (κ1) is 17.4. The Kier molecular flexibility index (Phi) is 5.84. The summed E-state index contributed by atoms with van der Waals surface area (Å²) in [6, 6.07) is 10.3. The monoisotopic (exact) mass is 328 g/mol. The zero-order chi connectivity index (χ0) is 17.5. The lowest BCUT2D eigenvalue weighted by atomic mass is 10.1. The molecule has 0 spiro atoms. The summed E-state index contributed by atoms with van der Waals surface area (Å²) >= 11 is 0. The fourth-order valence-electron chi connectivity index (χ4n) is 2.29. The molecule has 24 heavy (non-hydrogen) atoms. The maximum absolute atomic E-state index is 11.7. The van der Waals surface area contributed by atoms with Crippen LogP contribution in [0.4, 0.5) is 0 Å². The largest absolute Gasteiger partial charge is 0.493 e. The van der Waals surface area contributed by atoms with Crippen molar-refractivity contribution >= 4 is 12.2 Å². The molecule has 0 aromatic heterocycles. The van der Waals surface area contributed by atoms with Gasteiger partial charge in [0.25, 0.3) is 0 Å². The number of benzene rings is 1. The molecule has 0 aliphatic heterocycles. The second kappa shape index (κ2) is 8.06. The summed E-state index contributed by atoms with van der Waals surface area (Å²) in [6.07, 6.45) is 3.76. The van der Waals surface area contributed by atoms with Gasteiger partial charge in [-0.1, -0.05) is 24.3 Å². The van der Waals surface area contributed by atoms with Crippen molar-refractivity contribution in [1.29, 1.82) is 0 Å². The van der Waals surface area contributed by atoms with E-state index in [0.717, 1.165) is 11.1 Å². The Bertz CT molecular complexity index is 796.